The average Bonchev–Trinajstić information content (AvgIpc) is 3.04. The maximum absolute atomic E-state index is 13.1. The second-order valence-electron chi connectivity index (χ2n) is 9.70. The number of ether oxygens (including phenoxy) is 1. The van der Waals surface area contributed by atoms with Gasteiger partial charge in [0, 0.05) is 17.8 Å². The zero-order valence-corrected chi connectivity index (χ0v) is 21.3. The van der Waals surface area contributed by atoms with Crippen molar-refractivity contribution in [2.45, 2.75) is 72.4 Å². The van der Waals surface area contributed by atoms with Crippen molar-refractivity contribution in [2.24, 2.45) is 0 Å². The van der Waals surface area contributed by atoms with Crippen LogP contribution in [0.3, 0.4) is 0 Å². The topological polar surface area (TPSA) is 45.7 Å². The van der Waals surface area contributed by atoms with Gasteiger partial charge in [0.1, 0.15) is 11.5 Å². The molecule has 1 unspecified atom stereocenters. The van der Waals surface area contributed by atoms with E-state index >= 15 is 0 Å². The third-order valence-corrected chi connectivity index (χ3v) is 7.05. The summed E-state index contributed by atoms with van der Waals surface area (Å²) in [5, 5.41) is 0. The molecule has 5 rings (SSSR count). The summed E-state index contributed by atoms with van der Waals surface area (Å²) in [4.78, 5) is 21.9. The van der Waals surface area contributed by atoms with Crippen molar-refractivity contribution in [3.8, 4) is 0 Å². The molecule has 3 aliphatic heterocycles. The lowest BCUT2D eigenvalue weighted by molar-refractivity contribution is -0.0541. The number of rotatable bonds is 3. The fourth-order valence-corrected chi connectivity index (χ4v) is 4.80. The minimum Gasteiger partial charge on any atom is -0.377 e. The number of carbonyl (C=O) groups is 1. The summed E-state index contributed by atoms with van der Waals surface area (Å²) < 4.78 is 5.29. The summed E-state index contributed by atoms with van der Waals surface area (Å²) in [6, 6.07) is 8.74. The van der Waals surface area contributed by atoms with E-state index < -0.39 is 0 Å². The molecule has 0 radical (unpaired) electrons. The Kier molecular flexibility index (Phi) is 6.94. The molecular weight excluding hydrogens is 422 g/mol. The number of nitrogens with zero attached hydrogens (tertiary/aromatic N) is 3. The molecule has 0 saturated carbocycles. The van der Waals surface area contributed by atoms with Gasteiger partial charge in [-0.15, -0.1) is 0 Å². The van der Waals surface area contributed by atoms with E-state index in [-0.39, 0.29) is 11.9 Å². The average molecular weight is 460 g/mol. The monoisotopic (exact) mass is 459 g/mol. The molecule has 1 aromatic carbocycles. The van der Waals surface area contributed by atoms with Crippen LogP contribution in [-0.4, -0.2) is 35.0 Å². The van der Waals surface area contributed by atoms with Gasteiger partial charge in [-0.2, -0.15) is 0 Å². The number of aryl methyl sites for hydroxylation is 2. The largest absolute Gasteiger partial charge is 0.377 e. The SMILES string of the molecule is C=C1CC(CC)c2cc(C)c(C)cc2N(c2ccc3c(n2)C(=O)N(C2COC2)C3)C1=C.CCC. The predicted molar refractivity (Wildman–Crippen MR) is 139 cm³/mol. The Hall–Kier alpha value is -2.92. The molecule has 0 bridgehead atoms. The van der Waals surface area contributed by atoms with E-state index in [2.05, 4.69) is 64.8 Å². The minimum absolute atomic E-state index is 0.00356. The fourth-order valence-electron chi connectivity index (χ4n) is 4.80. The van der Waals surface area contributed by atoms with Crippen molar-refractivity contribution in [1.82, 2.24) is 9.88 Å². The maximum atomic E-state index is 13.1. The third kappa shape index (κ3) is 4.18. The number of fused-ring (bicyclic) bond motifs is 2. The van der Waals surface area contributed by atoms with Gasteiger partial charge in [0.05, 0.1) is 24.9 Å². The van der Waals surface area contributed by atoms with E-state index in [1.165, 1.54) is 23.1 Å². The van der Waals surface area contributed by atoms with Crippen molar-refractivity contribution in [3.05, 3.63) is 76.6 Å². The molecular formula is C29H37N3O2. The molecule has 0 N–H and O–H groups in total. The summed E-state index contributed by atoms with van der Waals surface area (Å²) in [7, 11) is 0. The van der Waals surface area contributed by atoms with Gasteiger partial charge in [-0.05, 0) is 67.0 Å². The van der Waals surface area contributed by atoms with Gasteiger partial charge in [0.2, 0.25) is 0 Å². The van der Waals surface area contributed by atoms with E-state index in [4.69, 9.17) is 9.72 Å². The van der Waals surface area contributed by atoms with Crippen molar-refractivity contribution < 1.29 is 9.53 Å². The first kappa shape index (κ1) is 24.2. The van der Waals surface area contributed by atoms with Crippen LogP contribution in [-0.2, 0) is 11.3 Å². The van der Waals surface area contributed by atoms with Crippen LogP contribution in [0, 0.1) is 13.8 Å². The second-order valence-corrected chi connectivity index (χ2v) is 9.70. The van der Waals surface area contributed by atoms with Gasteiger partial charge in [0.15, 0.2) is 0 Å². The Morgan fingerprint density at radius 2 is 1.76 bits per heavy atom. The Balaban J connectivity index is 0.000000868. The van der Waals surface area contributed by atoms with Crippen LogP contribution in [0.5, 0.6) is 0 Å². The summed E-state index contributed by atoms with van der Waals surface area (Å²) >= 11 is 0. The summed E-state index contributed by atoms with van der Waals surface area (Å²) in [6.07, 6.45) is 3.16. The summed E-state index contributed by atoms with van der Waals surface area (Å²) in [5.41, 5.74) is 8.30. The van der Waals surface area contributed by atoms with Crippen molar-refractivity contribution in [1.29, 1.82) is 0 Å². The van der Waals surface area contributed by atoms with Crippen molar-refractivity contribution in [2.75, 3.05) is 18.1 Å². The van der Waals surface area contributed by atoms with E-state index in [1.54, 1.807) is 0 Å². The number of pyridine rings is 1. The lowest BCUT2D eigenvalue weighted by Crippen LogP contribution is -2.49. The zero-order valence-electron chi connectivity index (χ0n) is 21.3. The van der Waals surface area contributed by atoms with Gasteiger partial charge < -0.3 is 9.64 Å². The molecule has 4 heterocycles. The van der Waals surface area contributed by atoms with Gasteiger partial charge in [0.25, 0.3) is 5.91 Å². The molecule has 5 heteroatoms. The van der Waals surface area contributed by atoms with Gasteiger partial charge >= 0.3 is 0 Å². The van der Waals surface area contributed by atoms with Crippen LogP contribution >= 0.6 is 0 Å². The molecule has 2 aromatic rings. The van der Waals surface area contributed by atoms with Crippen LogP contribution in [0.1, 0.15) is 78.7 Å². The van der Waals surface area contributed by atoms with E-state index in [9.17, 15) is 4.79 Å². The molecule has 1 amide bonds. The highest BCUT2D eigenvalue weighted by Crippen LogP contribution is 2.45. The maximum Gasteiger partial charge on any atom is 0.273 e. The van der Waals surface area contributed by atoms with Crippen molar-refractivity contribution in [3.63, 3.8) is 0 Å². The Morgan fingerprint density at radius 3 is 2.38 bits per heavy atom. The highest BCUT2D eigenvalue weighted by atomic mass is 16.5. The number of anilines is 2. The Morgan fingerprint density at radius 1 is 1.09 bits per heavy atom. The zero-order chi connectivity index (χ0) is 24.6. The Bertz CT molecular complexity index is 1130. The van der Waals surface area contributed by atoms with Crippen LogP contribution in [0.2, 0.25) is 0 Å². The molecule has 0 spiro atoms. The summed E-state index contributed by atoms with van der Waals surface area (Å²) in [6.45, 7) is 21.3. The number of allylic oxidation sites excluding steroid dienone is 1. The molecule has 1 saturated heterocycles. The minimum atomic E-state index is -0.00356. The Labute approximate surface area is 204 Å². The number of aromatic nitrogens is 1. The highest BCUT2D eigenvalue weighted by molar-refractivity contribution is 5.97. The molecule has 34 heavy (non-hydrogen) atoms. The normalized spacial score (nSPS) is 19.8. The molecule has 1 aromatic heterocycles. The molecule has 3 aliphatic rings. The first-order chi connectivity index (χ1) is 16.3. The predicted octanol–water partition coefficient (Wildman–Crippen LogP) is 6.57. The van der Waals surface area contributed by atoms with Crippen LogP contribution in [0.15, 0.2) is 48.7 Å². The van der Waals surface area contributed by atoms with E-state index in [0.717, 1.165) is 41.2 Å². The van der Waals surface area contributed by atoms with Gasteiger partial charge in [-0.1, -0.05) is 52.5 Å². The van der Waals surface area contributed by atoms with Crippen LogP contribution in [0.4, 0.5) is 11.5 Å². The lowest BCUT2D eigenvalue weighted by atomic mass is 9.88. The quantitative estimate of drug-likeness (QED) is 0.520. The number of carbonyl (C=O) groups excluding carboxylic acids is 1. The van der Waals surface area contributed by atoms with Crippen molar-refractivity contribution >= 4 is 17.4 Å². The molecule has 1 fully saturated rings. The molecule has 180 valence electrons. The standard InChI is InChI=1S/C26H29N3O2.C3H8/c1-6-19-9-17(4)18(5)29(23-11-16(3)15(2)10-22(19)23)24-8-7-20-12-28(21-13-31-14-21)26(30)25(20)27-24;1-3-2/h7-8,10-11,19,21H,4-6,9,12-14H2,1-3H3;3H2,1-2H3. The second kappa shape index (κ2) is 9.75. The van der Waals surface area contributed by atoms with E-state index in [1.807, 2.05) is 17.0 Å². The first-order valence-electron chi connectivity index (χ1n) is 12.5. The van der Waals surface area contributed by atoms with E-state index in [0.29, 0.717) is 31.4 Å². The fraction of sp³-hybridized carbons (Fsp3) is 0.448. The molecule has 1 atom stereocenters. The smallest absolute Gasteiger partial charge is 0.273 e. The van der Waals surface area contributed by atoms with Gasteiger partial charge in [-0.3, -0.25) is 9.69 Å². The number of benzene rings is 1. The summed E-state index contributed by atoms with van der Waals surface area (Å²) in [5.74, 6) is 1.11. The number of hydrogen-bond acceptors (Lipinski definition) is 4. The van der Waals surface area contributed by atoms with Gasteiger partial charge in [-0.25, -0.2) is 4.98 Å². The lowest BCUT2D eigenvalue weighted by Gasteiger charge is -2.34. The number of amides is 1. The highest BCUT2D eigenvalue weighted by Gasteiger charge is 2.38. The van der Waals surface area contributed by atoms with Crippen LogP contribution in [0.25, 0.3) is 0 Å². The first-order valence-corrected chi connectivity index (χ1v) is 12.5. The van der Waals surface area contributed by atoms with Crippen LogP contribution < -0.4 is 4.90 Å². The third-order valence-electron chi connectivity index (χ3n) is 7.05. The molecule has 5 nitrogen and oxygen atoms in total. The number of hydrogen-bond donors (Lipinski definition) is 0. The molecule has 0 aliphatic carbocycles.